The Kier molecular flexibility index (Phi) is 2.73. The Morgan fingerprint density at radius 2 is 2.07 bits per heavy atom. The van der Waals surface area contributed by atoms with Crippen molar-refractivity contribution in [2.75, 3.05) is 0 Å². The molecule has 0 unspecified atom stereocenters. The predicted octanol–water partition coefficient (Wildman–Crippen LogP) is 3.83. The van der Waals surface area contributed by atoms with Gasteiger partial charge >= 0.3 is 0 Å². The number of furan rings is 1. The molecule has 76 valence electrons. The van der Waals surface area contributed by atoms with Crippen molar-refractivity contribution in [2.45, 2.75) is 6.92 Å². The summed E-state index contributed by atoms with van der Waals surface area (Å²) in [4.78, 5) is 10.5. The number of halogens is 1. The minimum atomic E-state index is 0.346. The van der Waals surface area contributed by atoms with E-state index in [1.807, 2.05) is 25.1 Å². The van der Waals surface area contributed by atoms with Crippen LogP contribution < -0.4 is 0 Å². The summed E-state index contributed by atoms with van der Waals surface area (Å²) < 4.78 is 6.31. The normalized spacial score (nSPS) is 10.3. The number of aldehydes is 1. The molecule has 0 aliphatic rings. The number of benzene rings is 1. The molecule has 15 heavy (non-hydrogen) atoms. The van der Waals surface area contributed by atoms with Gasteiger partial charge in [-0.25, -0.2) is 0 Å². The molecule has 0 atom stereocenters. The summed E-state index contributed by atoms with van der Waals surface area (Å²) in [6, 6.07) is 9.45. The molecule has 0 saturated carbocycles. The summed E-state index contributed by atoms with van der Waals surface area (Å²) in [5.74, 6) is 1.05. The van der Waals surface area contributed by atoms with Crippen molar-refractivity contribution in [2.24, 2.45) is 0 Å². The third-order valence-corrected chi connectivity index (χ3v) is 2.82. The molecular weight excluding hydrogens is 256 g/mol. The zero-order valence-corrected chi connectivity index (χ0v) is 9.74. The second-order valence-electron chi connectivity index (χ2n) is 3.30. The van der Waals surface area contributed by atoms with Crippen molar-refractivity contribution >= 4 is 22.2 Å². The lowest BCUT2D eigenvalue weighted by atomic mass is 10.1. The topological polar surface area (TPSA) is 30.2 Å². The maximum atomic E-state index is 10.5. The van der Waals surface area contributed by atoms with Gasteiger partial charge < -0.3 is 4.42 Å². The van der Waals surface area contributed by atoms with E-state index in [0.29, 0.717) is 17.8 Å². The van der Waals surface area contributed by atoms with Crippen molar-refractivity contribution in [3.63, 3.8) is 0 Å². The fraction of sp³-hybridized carbons (Fsp3) is 0.0833. The van der Waals surface area contributed by atoms with Crippen LogP contribution in [0.3, 0.4) is 0 Å². The van der Waals surface area contributed by atoms with Crippen molar-refractivity contribution in [1.82, 2.24) is 0 Å². The van der Waals surface area contributed by atoms with Gasteiger partial charge in [-0.15, -0.1) is 0 Å². The van der Waals surface area contributed by atoms with Crippen LogP contribution in [-0.4, -0.2) is 6.29 Å². The van der Waals surface area contributed by atoms with Crippen LogP contribution in [0.5, 0.6) is 0 Å². The summed E-state index contributed by atoms with van der Waals surface area (Å²) in [7, 11) is 0. The quantitative estimate of drug-likeness (QED) is 0.772. The molecule has 0 saturated heterocycles. The van der Waals surface area contributed by atoms with Gasteiger partial charge in [0.1, 0.15) is 5.76 Å². The van der Waals surface area contributed by atoms with E-state index in [1.54, 1.807) is 12.1 Å². The first-order valence-electron chi connectivity index (χ1n) is 4.52. The number of rotatable bonds is 2. The summed E-state index contributed by atoms with van der Waals surface area (Å²) in [6.07, 6.45) is 0.702. The molecule has 3 heteroatoms. The smallest absolute Gasteiger partial charge is 0.185 e. The molecule has 0 fully saturated rings. The van der Waals surface area contributed by atoms with E-state index in [-0.39, 0.29) is 0 Å². The average molecular weight is 265 g/mol. The highest BCUT2D eigenvalue weighted by molar-refractivity contribution is 9.10. The number of hydrogen-bond acceptors (Lipinski definition) is 2. The summed E-state index contributed by atoms with van der Waals surface area (Å²) in [6.45, 7) is 2.01. The van der Waals surface area contributed by atoms with E-state index in [9.17, 15) is 4.79 Å². The van der Waals surface area contributed by atoms with Crippen molar-refractivity contribution in [3.05, 3.63) is 46.1 Å². The highest BCUT2D eigenvalue weighted by Crippen LogP contribution is 2.30. The van der Waals surface area contributed by atoms with E-state index < -0.39 is 0 Å². The molecule has 0 aliphatic carbocycles. The van der Waals surface area contributed by atoms with E-state index >= 15 is 0 Å². The Morgan fingerprint density at radius 1 is 1.27 bits per heavy atom. The lowest BCUT2D eigenvalue weighted by Crippen LogP contribution is -1.79. The molecule has 1 heterocycles. The largest absolute Gasteiger partial charge is 0.453 e. The molecule has 0 bridgehead atoms. The summed E-state index contributed by atoms with van der Waals surface area (Å²) in [5, 5.41) is 0. The molecule has 0 N–H and O–H groups in total. The van der Waals surface area contributed by atoms with Gasteiger partial charge in [0.05, 0.1) is 0 Å². The average Bonchev–Trinajstić information content (AvgIpc) is 2.70. The van der Waals surface area contributed by atoms with Crippen LogP contribution in [0.2, 0.25) is 0 Å². The maximum Gasteiger partial charge on any atom is 0.185 e. The van der Waals surface area contributed by atoms with Gasteiger partial charge in [-0.1, -0.05) is 27.6 Å². The summed E-state index contributed by atoms with van der Waals surface area (Å²) in [5.41, 5.74) is 2.11. The van der Waals surface area contributed by atoms with Crippen LogP contribution in [0.1, 0.15) is 16.1 Å². The van der Waals surface area contributed by atoms with Gasteiger partial charge in [-0.05, 0) is 31.2 Å². The van der Waals surface area contributed by atoms with Crippen LogP contribution in [-0.2, 0) is 0 Å². The monoisotopic (exact) mass is 264 g/mol. The van der Waals surface area contributed by atoms with Gasteiger partial charge in [0.15, 0.2) is 12.0 Å². The third kappa shape index (κ3) is 2.02. The Hall–Kier alpha value is -1.35. The van der Waals surface area contributed by atoms with Gasteiger partial charge in [0, 0.05) is 10.0 Å². The summed E-state index contributed by atoms with van der Waals surface area (Å²) >= 11 is 3.45. The molecule has 0 aliphatic heterocycles. The minimum absolute atomic E-state index is 0.346. The van der Waals surface area contributed by atoms with Crippen molar-refractivity contribution in [3.8, 4) is 11.3 Å². The van der Waals surface area contributed by atoms with E-state index in [2.05, 4.69) is 15.9 Å². The SMILES string of the molecule is Cc1ccc(Br)c(-c2ccc(C=O)o2)c1. The molecule has 2 rings (SSSR count). The maximum absolute atomic E-state index is 10.5. The second kappa shape index (κ2) is 4.03. The second-order valence-corrected chi connectivity index (χ2v) is 4.16. The predicted molar refractivity (Wildman–Crippen MR) is 62.0 cm³/mol. The zero-order valence-electron chi connectivity index (χ0n) is 8.16. The lowest BCUT2D eigenvalue weighted by molar-refractivity contribution is 0.110. The minimum Gasteiger partial charge on any atom is -0.453 e. The van der Waals surface area contributed by atoms with Crippen LogP contribution in [0.25, 0.3) is 11.3 Å². The van der Waals surface area contributed by atoms with Crippen LogP contribution >= 0.6 is 15.9 Å². The number of carbonyl (C=O) groups is 1. The Balaban J connectivity index is 2.52. The Labute approximate surface area is 96.0 Å². The highest BCUT2D eigenvalue weighted by atomic mass is 79.9. The Bertz CT molecular complexity index is 500. The van der Waals surface area contributed by atoms with Crippen molar-refractivity contribution < 1.29 is 9.21 Å². The van der Waals surface area contributed by atoms with Crippen LogP contribution in [0.15, 0.2) is 39.2 Å². The van der Waals surface area contributed by atoms with Gasteiger partial charge in [0.2, 0.25) is 0 Å². The van der Waals surface area contributed by atoms with E-state index in [4.69, 9.17) is 4.42 Å². The third-order valence-electron chi connectivity index (χ3n) is 2.13. The fourth-order valence-corrected chi connectivity index (χ4v) is 1.83. The number of hydrogen-bond donors (Lipinski definition) is 0. The number of carbonyl (C=O) groups excluding carboxylic acids is 1. The van der Waals surface area contributed by atoms with Gasteiger partial charge in [0.25, 0.3) is 0 Å². The van der Waals surface area contributed by atoms with Gasteiger partial charge in [-0.3, -0.25) is 4.79 Å². The van der Waals surface area contributed by atoms with Gasteiger partial charge in [-0.2, -0.15) is 0 Å². The molecule has 2 aromatic rings. The highest BCUT2D eigenvalue weighted by Gasteiger charge is 2.07. The molecule has 0 radical (unpaired) electrons. The van der Waals surface area contributed by atoms with Crippen LogP contribution in [0, 0.1) is 6.92 Å². The molecule has 2 nitrogen and oxygen atoms in total. The molecule has 0 spiro atoms. The van der Waals surface area contributed by atoms with E-state index in [0.717, 1.165) is 15.6 Å². The zero-order chi connectivity index (χ0) is 10.8. The standard InChI is InChI=1S/C12H9BrO2/c1-8-2-4-11(13)10(6-8)12-5-3-9(7-14)15-12/h2-7H,1H3. The molecule has 1 aromatic carbocycles. The van der Waals surface area contributed by atoms with E-state index in [1.165, 1.54) is 0 Å². The first kappa shape index (κ1) is 10.2. The molecule has 1 aromatic heterocycles. The fourth-order valence-electron chi connectivity index (χ4n) is 1.39. The first-order chi connectivity index (χ1) is 7.20. The molecular formula is C12H9BrO2. The first-order valence-corrected chi connectivity index (χ1v) is 5.31. The Morgan fingerprint density at radius 3 is 2.73 bits per heavy atom. The van der Waals surface area contributed by atoms with Crippen LogP contribution in [0.4, 0.5) is 0 Å². The number of aryl methyl sites for hydroxylation is 1. The lowest BCUT2D eigenvalue weighted by Gasteiger charge is -2.01. The molecule has 0 amide bonds. The van der Waals surface area contributed by atoms with Crippen molar-refractivity contribution in [1.29, 1.82) is 0 Å².